The molecule has 29 heavy (non-hydrogen) atoms. The normalized spacial score (nSPS) is 11.7. The van der Waals surface area contributed by atoms with Crippen molar-refractivity contribution < 1.29 is 0 Å². The Bertz CT molecular complexity index is 1220. The van der Waals surface area contributed by atoms with Crippen molar-refractivity contribution >= 4 is 19.5 Å². The minimum absolute atomic E-state index is 0.684. The van der Waals surface area contributed by atoms with Crippen LogP contribution in [0, 0.1) is 4.61 Å². The van der Waals surface area contributed by atoms with Gasteiger partial charge in [0.1, 0.15) is 0 Å². The first-order valence-electron chi connectivity index (χ1n) is 9.19. The van der Waals surface area contributed by atoms with Crippen molar-refractivity contribution in [3.63, 3.8) is 0 Å². The van der Waals surface area contributed by atoms with Gasteiger partial charge in [0.15, 0.2) is 0 Å². The fourth-order valence-electron chi connectivity index (χ4n) is 3.04. The number of nitrogens with zero attached hydrogens (tertiary/aromatic N) is 3. The maximum absolute atomic E-state index is 12.0. The maximum atomic E-state index is 12.0. The Morgan fingerprint density at radius 3 is 1.07 bits per heavy atom. The molecule has 4 aromatic rings. The number of hydrogen-bond acceptors (Lipinski definition) is 2. The third kappa shape index (κ3) is 3.76. The molecule has 0 amide bonds. The maximum Gasteiger partial charge on any atom is 0.0896 e. The molecule has 0 saturated carbocycles. The Morgan fingerprint density at radius 1 is 0.483 bits per heavy atom. The lowest BCUT2D eigenvalue weighted by atomic mass is 10.4. The summed E-state index contributed by atoms with van der Waals surface area (Å²) in [6.07, 6.45) is 0. The standard InChI is InChI=1S/C24H20N3S2/c25-28(21-13-5-1-6-14-21,22-15-7-2-8-16-22)27-29(26,23-17-9-3-10-18-23)24-19-11-4-12-20-24/h1-20H/q-1. The van der Waals surface area contributed by atoms with Crippen molar-refractivity contribution in [1.82, 2.24) is 0 Å². The molecule has 0 aromatic heterocycles. The predicted molar refractivity (Wildman–Crippen MR) is 121 cm³/mol. The van der Waals surface area contributed by atoms with Crippen molar-refractivity contribution in [3.05, 3.63) is 126 Å². The molecule has 0 unspecified atom stereocenters. The Kier molecular flexibility index (Phi) is 5.36. The average Bonchev–Trinajstić information content (AvgIpc) is 2.81. The second-order valence-electron chi connectivity index (χ2n) is 6.42. The highest BCUT2D eigenvalue weighted by atomic mass is 32.3. The zero-order chi connectivity index (χ0) is 20.2. The SMILES string of the molecule is N#S(N=S(=[N-])(c1ccccc1)c1ccccc1)(c1ccccc1)c1ccccc1. The second kappa shape index (κ2) is 8.10. The molecule has 0 saturated heterocycles. The van der Waals surface area contributed by atoms with Gasteiger partial charge in [0.25, 0.3) is 0 Å². The molecular formula is C24H20N3S2-. The van der Waals surface area contributed by atoms with E-state index in [0.29, 0.717) is 19.6 Å². The van der Waals surface area contributed by atoms with Gasteiger partial charge in [0, 0.05) is 9.79 Å². The Hall–Kier alpha value is -3.11. The highest BCUT2D eigenvalue weighted by molar-refractivity contribution is 8.24. The third-order valence-electron chi connectivity index (χ3n) is 4.50. The van der Waals surface area contributed by atoms with Crippen LogP contribution in [0.15, 0.2) is 145 Å². The molecule has 3 nitrogen and oxygen atoms in total. The van der Waals surface area contributed by atoms with E-state index in [-0.39, 0.29) is 0 Å². The van der Waals surface area contributed by atoms with Gasteiger partial charge < -0.3 is 4.78 Å². The molecule has 0 aliphatic carbocycles. The first kappa shape index (κ1) is 19.2. The minimum Gasteiger partial charge on any atom is -0.760 e. The van der Waals surface area contributed by atoms with Crippen molar-refractivity contribution in [2.75, 3.05) is 0 Å². The third-order valence-corrected chi connectivity index (χ3v) is 9.95. The van der Waals surface area contributed by atoms with Gasteiger partial charge in [0.2, 0.25) is 0 Å². The Labute approximate surface area is 173 Å². The summed E-state index contributed by atoms with van der Waals surface area (Å²) in [6.45, 7) is 0. The summed E-state index contributed by atoms with van der Waals surface area (Å²) >= 11 is 0. The molecule has 0 N–H and O–H groups in total. The molecule has 0 bridgehead atoms. The smallest absolute Gasteiger partial charge is 0.0896 e. The predicted octanol–water partition coefficient (Wildman–Crippen LogP) is 7.51. The van der Waals surface area contributed by atoms with Crippen LogP contribution in [0.25, 0.3) is 4.78 Å². The molecule has 0 atom stereocenters. The number of benzene rings is 4. The van der Waals surface area contributed by atoms with Gasteiger partial charge in [-0.25, -0.2) is 0 Å². The van der Waals surface area contributed by atoms with Gasteiger partial charge in [-0.05, 0) is 58.3 Å². The van der Waals surface area contributed by atoms with E-state index in [1.165, 1.54) is 0 Å². The van der Waals surface area contributed by atoms with Crippen molar-refractivity contribution in [2.45, 2.75) is 19.6 Å². The summed E-state index contributed by atoms with van der Waals surface area (Å²) < 4.78 is 28.9. The summed E-state index contributed by atoms with van der Waals surface area (Å²) in [5, 5.41) is 0. The summed E-state index contributed by atoms with van der Waals surface area (Å²) in [4.78, 5) is 2.74. The van der Waals surface area contributed by atoms with Crippen molar-refractivity contribution in [3.8, 4) is 0 Å². The molecule has 144 valence electrons. The van der Waals surface area contributed by atoms with Crippen LogP contribution in [0.4, 0.5) is 0 Å². The number of hydrogen-bond donors (Lipinski definition) is 0. The van der Waals surface area contributed by atoms with Crippen molar-refractivity contribution in [1.29, 1.82) is 4.61 Å². The Morgan fingerprint density at radius 2 is 0.759 bits per heavy atom. The summed E-state index contributed by atoms with van der Waals surface area (Å²) in [6, 6.07) is 37.6. The van der Waals surface area contributed by atoms with Crippen LogP contribution in [0.1, 0.15) is 0 Å². The van der Waals surface area contributed by atoms with E-state index in [0.717, 1.165) is 0 Å². The van der Waals surface area contributed by atoms with Crippen LogP contribution in [0.5, 0.6) is 0 Å². The largest absolute Gasteiger partial charge is 0.760 e. The zero-order valence-corrected chi connectivity index (χ0v) is 17.3. The zero-order valence-electron chi connectivity index (χ0n) is 15.7. The number of rotatable bonds is 2. The van der Waals surface area contributed by atoms with Gasteiger partial charge in [-0.1, -0.05) is 72.8 Å². The monoisotopic (exact) mass is 414 g/mol. The lowest BCUT2D eigenvalue weighted by Crippen LogP contribution is -2.01. The molecule has 0 aliphatic heterocycles. The van der Waals surface area contributed by atoms with Gasteiger partial charge in [-0.3, -0.25) is 0 Å². The molecule has 0 spiro atoms. The quantitative estimate of drug-likeness (QED) is 0.335. The van der Waals surface area contributed by atoms with Crippen molar-refractivity contribution in [2.24, 2.45) is 3.77 Å². The van der Waals surface area contributed by atoms with Gasteiger partial charge in [-0.15, -0.1) is 0 Å². The van der Waals surface area contributed by atoms with E-state index >= 15 is 0 Å². The van der Waals surface area contributed by atoms with Crippen LogP contribution in [0.2, 0.25) is 0 Å². The molecule has 4 aromatic carbocycles. The van der Waals surface area contributed by atoms with E-state index in [2.05, 4.69) is 0 Å². The molecular weight excluding hydrogens is 394 g/mol. The fraction of sp³-hybridized carbons (Fsp3) is 0. The minimum atomic E-state index is -2.84. The van der Waals surface area contributed by atoms with E-state index in [4.69, 9.17) is 3.77 Å². The lowest BCUT2D eigenvalue weighted by Gasteiger charge is -2.28. The van der Waals surface area contributed by atoms with E-state index in [9.17, 15) is 9.39 Å². The van der Waals surface area contributed by atoms with Gasteiger partial charge in [0.05, 0.1) is 9.84 Å². The summed E-state index contributed by atoms with van der Waals surface area (Å²) in [5.74, 6) is 0. The first-order valence-corrected chi connectivity index (χ1v) is 12.3. The first-order chi connectivity index (χ1) is 14.1. The van der Waals surface area contributed by atoms with Crippen LogP contribution in [-0.2, 0) is 9.62 Å². The lowest BCUT2D eigenvalue weighted by molar-refractivity contribution is 1.33. The fourth-order valence-corrected chi connectivity index (χ4v) is 8.36. The highest BCUT2D eigenvalue weighted by Crippen LogP contribution is 2.53. The molecule has 0 heterocycles. The second-order valence-corrected chi connectivity index (χ2v) is 11.1. The van der Waals surface area contributed by atoms with Crippen LogP contribution in [-0.4, -0.2) is 0 Å². The van der Waals surface area contributed by atoms with E-state index < -0.39 is 19.5 Å². The molecule has 0 radical (unpaired) electrons. The van der Waals surface area contributed by atoms with Crippen LogP contribution >= 0.6 is 9.84 Å². The summed E-state index contributed by atoms with van der Waals surface area (Å²) in [7, 11) is -5.68. The topological polar surface area (TPSA) is 58.5 Å². The summed E-state index contributed by atoms with van der Waals surface area (Å²) in [5.41, 5.74) is 0. The molecule has 5 heteroatoms. The van der Waals surface area contributed by atoms with Gasteiger partial charge in [-0.2, -0.15) is 18.0 Å². The van der Waals surface area contributed by atoms with Crippen LogP contribution in [0.3, 0.4) is 0 Å². The van der Waals surface area contributed by atoms with Crippen LogP contribution < -0.4 is 0 Å². The Balaban J connectivity index is 2.09. The molecule has 0 aliphatic rings. The highest BCUT2D eigenvalue weighted by Gasteiger charge is 2.21. The average molecular weight is 415 g/mol. The molecule has 0 fully saturated rings. The molecule has 4 rings (SSSR count). The van der Waals surface area contributed by atoms with E-state index in [1.54, 1.807) is 0 Å². The van der Waals surface area contributed by atoms with Gasteiger partial charge >= 0.3 is 0 Å². The van der Waals surface area contributed by atoms with E-state index in [1.807, 2.05) is 121 Å².